The van der Waals surface area contributed by atoms with Crippen molar-refractivity contribution in [3.8, 4) is 0 Å². The minimum atomic E-state index is 0.0910. The quantitative estimate of drug-likeness (QED) is 0.554. The summed E-state index contributed by atoms with van der Waals surface area (Å²) in [4.78, 5) is 11.8. The summed E-state index contributed by atoms with van der Waals surface area (Å²) in [5.74, 6) is 0.805. The summed E-state index contributed by atoms with van der Waals surface area (Å²) in [6.07, 6.45) is 5.64. The fraction of sp³-hybridized carbons (Fsp3) is 0.917. The van der Waals surface area contributed by atoms with Crippen LogP contribution in [0, 0.1) is 11.3 Å². The first-order valence-electron chi connectivity index (χ1n) is 5.81. The highest BCUT2D eigenvalue weighted by atomic mass is 16.6. The minimum absolute atomic E-state index is 0.0910. The molecule has 0 N–H and O–H groups in total. The second kappa shape index (κ2) is 2.41. The maximum Gasteiger partial charge on any atom is 0.136 e. The average molecular weight is 194 g/mol. The van der Waals surface area contributed by atoms with Crippen LogP contribution < -0.4 is 0 Å². The molecule has 2 aliphatic carbocycles. The fourth-order valence-corrected chi connectivity index (χ4v) is 4.11. The molecule has 0 unspecified atom stereocenters. The summed E-state index contributed by atoms with van der Waals surface area (Å²) in [5, 5.41) is 0. The molecular formula is C12H18O2. The van der Waals surface area contributed by atoms with Gasteiger partial charge >= 0.3 is 0 Å². The Labute approximate surface area is 85.0 Å². The van der Waals surface area contributed by atoms with Crippen molar-refractivity contribution in [2.24, 2.45) is 11.3 Å². The first-order chi connectivity index (χ1) is 6.60. The van der Waals surface area contributed by atoms with Gasteiger partial charge in [-0.3, -0.25) is 4.79 Å². The van der Waals surface area contributed by atoms with E-state index in [0.29, 0.717) is 17.8 Å². The fourth-order valence-electron chi connectivity index (χ4n) is 4.11. The molecule has 0 aromatic rings. The van der Waals surface area contributed by atoms with Crippen LogP contribution in [0.4, 0.5) is 0 Å². The number of rotatable bonds is 0. The highest BCUT2D eigenvalue weighted by Gasteiger charge is 2.71. The molecule has 3 rings (SSSR count). The zero-order valence-corrected chi connectivity index (χ0v) is 9.01. The number of ether oxygens (including phenoxy) is 1. The van der Waals surface area contributed by atoms with Crippen molar-refractivity contribution in [3.63, 3.8) is 0 Å². The van der Waals surface area contributed by atoms with E-state index in [4.69, 9.17) is 4.74 Å². The van der Waals surface area contributed by atoms with Crippen LogP contribution in [0.2, 0.25) is 0 Å². The van der Waals surface area contributed by atoms with Crippen molar-refractivity contribution < 1.29 is 9.53 Å². The first-order valence-corrected chi connectivity index (χ1v) is 5.81. The van der Waals surface area contributed by atoms with Crippen LogP contribution in [0.25, 0.3) is 0 Å². The molecule has 14 heavy (non-hydrogen) atoms. The van der Waals surface area contributed by atoms with Crippen LogP contribution in [0.3, 0.4) is 0 Å². The minimum Gasteiger partial charge on any atom is -0.366 e. The van der Waals surface area contributed by atoms with Gasteiger partial charge in [-0.1, -0.05) is 6.92 Å². The Bertz CT molecular complexity index is 299. The lowest BCUT2D eigenvalue weighted by Gasteiger charge is -2.38. The number of epoxide rings is 1. The Balaban J connectivity index is 1.98. The van der Waals surface area contributed by atoms with Gasteiger partial charge < -0.3 is 4.74 Å². The SMILES string of the molecule is C[C@@H]1O[C@@]12CC[C@H]1C(=O)CCC[C@@]12C. The number of carbonyl (C=O) groups excluding carboxylic acids is 1. The van der Waals surface area contributed by atoms with E-state index in [0.717, 1.165) is 25.7 Å². The Hall–Kier alpha value is -0.370. The Morgan fingerprint density at radius 2 is 2.14 bits per heavy atom. The monoisotopic (exact) mass is 194 g/mol. The predicted molar refractivity (Wildman–Crippen MR) is 53.0 cm³/mol. The molecule has 2 heteroatoms. The van der Waals surface area contributed by atoms with Crippen LogP contribution >= 0.6 is 0 Å². The molecule has 4 atom stereocenters. The first kappa shape index (κ1) is 8.90. The molecule has 78 valence electrons. The van der Waals surface area contributed by atoms with Gasteiger partial charge in [0.1, 0.15) is 11.4 Å². The van der Waals surface area contributed by atoms with Crippen LogP contribution in [0.15, 0.2) is 0 Å². The lowest BCUT2D eigenvalue weighted by molar-refractivity contribution is -0.130. The summed E-state index contributed by atoms with van der Waals surface area (Å²) in [6.45, 7) is 4.44. The largest absolute Gasteiger partial charge is 0.366 e. The van der Waals surface area contributed by atoms with Gasteiger partial charge in [0.15, 0.2) is 0 Å². The smallest absolute Gasteiger partial charge is 0.136 e. The standard InChI is InChI=1S/C12H18O2/c1-8-12(14-8)7-5-9-10(13)4-3-6-11(9,12)2/h8-9H,3-7H2,1-2H3/t8-,9-,11-,12-/m0/s1. The molecule has 0 radical (unpaired) electrons. The van der Waals surface area contributed by atoms with E-state index in [9.17, 15) is 4.79 Å². The van der Waals surface area contributed by atoms with Crippen molar-refractivity contribution in [1.29, 1.82) is 0 Å². The number of hydrogen-bond acceptors (Lipinski definition) is 2. The van der Waals surface area contributed by atoms with Crippen LogP contribution in [0.5, 0.6) is 0 Å². The summed E-state index contributed by atoms with van der Waals surface area (Å²) >= 11 is 0. The van der Waals surface area contributed by atoms with Gasteiger partial charge in [-0.2, -0.15) is 0 Å². The van der Waals surface area contributed by atoms with Gasteiger partial charge in [0.05, 0.1) is 6.10 Å². The van der Waals surface area contributed by atoms with Crippen LogP contribution in [-0.2, 0) is 9.53 Å². The van der Waals surface area contributed by atoms with Crippen molar-refractivity contribution in [2.45, 2.75) is 57.7 Å². The molecule has 0 amide bonds. The van der Waals surface area contributed by atoms with E-state index in [2.05, 4.69) is 13.8 Å². The highest BCUT2D eigenvalue weighted by Crippen LogP contribution is 2.66. The van der Waals surface area contributed by atoms with Gasteiger partial charge in [0.25, 0.3) is 0 Å². The van der Waals surface area contributed by atoms with E-state index in [1.165, 1.54) is 6.42 Å². The second-order valence-corrected chi connectivity index (χ2v) is 5.48. The molecule has 1 heterocycles. The van der Waals surface area contributed by atoms with E-state index in [1.807, 2.05) is 0 Å². The third-order valence-electron chi connectivity index (χ3n) is 5.03. The summed E-state index contributed by atoms with van der Waals surface area (Å²) in [6, 6.07) is 0. The zero-order chi connectivity index (χ0) is 9.97. The van der Waals surface area contributed by atoms with Crippen molar-refractivity contribution >= 4 is 5.78 Å². The van der Waals surface area contributed by atoms with E-state index in [1.54, 1.807) is 0 Å². The Morgan fingerprint density at radius 1 is 1.43 bits per heavy atom. The normalized spacial score (nSPS) is 56.3. The summed E-state index contributed by atoms with van der Waals surface area (Å²) < 4.78 is 5.83. The van der Waals surface area contributed by atoms with Gasteiger partial charge in [-0.15, -0.1) is 0 Å². The lowest BCUT2D eigenvalue weighted by Crippen LogP contribution is -2.42. The third kappa shape index (κ3) is 0.796. The molecule has 3 fully saturated rings. The zero-order valence-electron chi connectivity index (χ0n) is 9.01. The molecule has 3 aliphatic rings. The van der Waals surface area contributed by atoms with E-state index >= 15 is 0 Å². The summed E-state index contributed by atoms with van der Waals surface area (Å²) in [7, 11) is 0. The lowest BCUT2D eigenvalue weighted by atomic mass is 9.64. The number of hydrogen-bond donors (Lipinski definition) is 0. The van der Waals surface area contributed by atoms with Crippen LogP contribution in [-0.4, -0.2) is 17.5 Å². The number of ketones is 1. The van der Waals surface area contributed by atoms with Gasteiger partial charge in [-0.05, 0) is 32.6 Å². The van der Waals surface area contributed by atoms with E-state index in [-0.39, 0.29) is 11.0 Å². The van der Waals surface area contributed by atoms with Crippen molar-refractivity contribution in [3.05, 3.63) is 0 Å². The van der Waals surface area contributed by atoms with Gasteiger partial charge in [0, 0.05) is 17.8 Å². The summed E-state index contributed by atoms with van der Waals surface area (Å²) in [5.41, 5.74) is 0.259. The molecule has 0 aromatic carbocycles. The molecule has 1 saturated heterocycles. The predicted octanol–water partition coefficient (Wildman–Crippen LogP) is 2.31. The topological polar surface area (TPSA) is 29.6 Å². The average Bonchev–Trinajstić information content (AvgIpc) is 2.67. The maximum absolute atomic E-state index is 11.8. The second-order valence-electron chi connectivity index (χ2n) is 5.48. The van der Waals surface area contributed by atoms with Crippen LogP contribution in [0.1, 0.15) is 46.0 Å². The number of Topliss-reactive ketones (excluding diaryl/α,β-unsaturated/α-hetero) is 1. The Morgan fingerprint density at radius 3 is 2.79 bits per heavy atom. The molecule has 0 aromatic heterocycles. The molecule has 2 nitrogen and oxygen atoms in total. The molecular weight excluding hydrogens is 176 g/mol. The number of carbonyl (C=O) groups is 1. The van der Waals surface area contributed by atoms with Crippen molar-refractivity contribution in [1.82, 2.24) is 0 Å². The number of fused-ring (bicyclic) bond motifs is 2. The molecule has 1 spiro atoms. The third-order valence-corrected chi connectivity index (χ3v) is 5.03. The van der Waals surface area contributed by atoms with Gasteiger partial charge in [-0.25, -0.2) is 0 Å². The molecule has 1 aliphatic heterocycles. The van der Waals surface area contributed by atoms with E-state index < -0.39 is 0 Å². The van der Waals surface area contributed by atoms with Crippen molar-refractivity contribution in [2.75, 3.05) is 0 Å². The van der Waals surface area contributed by atoms with Gasteiger partial charge in [0.2, 0.25) is 0 Å². The maximum atomic E-state index is 11.8. The highest BCUT2D eigenvalue weighted by molar-refractivity contribution is 5.83. The molecule has 2 saturated carbocycles. The Kier molecular flexibility index (Phi) is 1.53. The molecule has 0 bridgehead atoms.